The predicted octanol–water partition coefficient (Wildman–Crippen LogP) is 2.34. The molecule has 1 rings (SSSR count). The average molecular weight is 312 g/mol. The first-order valence-electron chi connectivity index (χ1n) is 8.51. The molecule has 1 aliphatic rings. The largest absolute Gasteiger partial charge is 0.450 e. The SMILES string of the molecule is CCOC(=O)NC(CN=C(N)N1CCCCCC1)CC(C)C. The van der Waals surface area contributed by atoms with E-state index in [0.717, 1.165) is 19.5 Å². The fraction of sp³-hybridized carbons (Fsp3) is 0.875. The van der Waals surface area contributed by atoms with Crippen molar-refractivity contribution in [2.24, 2.45) is 16.6 Å². The molecule has 1 saturated heterocycles. The Morgan fingerprint density at radius 3 is 2.45 bits per heavy atom. The third-order valence-electron chi connectivity index (χ3n) is 3.76. The van der Waals surface area contributed by atoms with Gasteiger partial charge in [0.25, 0.3) is 0 Å². The van der Waals surface area contributed by atoms with Gasteiger partial charge in [0.1, 0.15) is 0 Å². The van der Waals surface area contributed by atoms with Crippen molar-refractivity contribution >= 4 is 12.1 Å². The summed E-state index contributed by atoms with van der Waals surface area (Å²) in [6.45, 7) is 8.89. The Bertz CT molecular complexity index is 350. The number of carbonyl (C=O) groups excluding carboxylic acids is 1. The second-order valence-corrected chi connectivity index (χ2v) is 6.29. The highest BCUT2D eigenvalue weighted by atomic mass is 16.5. The molecular formula is C16H32N4O2. The number of ether oxygens (including phenoxy) is 1. The number of aliphatic imine (C=N–C) groups is 1. The summed E-state index contributed by atoms with van der Waals surface area (Å²) in [7, 11) is 0. The molecule has 0 aromatic carbocycles. The molecule has 128 valence electrons. The van der Waals surface area contributed by atoms with Gasteiger partial charge < -0.3 is 20.7 Å². The van der Waals surface area contributed by atoms with Crippen LogP contribution in [0.3, 0.4) is 0 Å². The Balaban J connectivity index is 2.55. The number of rotatable bonds is 6. The number of nitrogens with two attached hydrogens (primary N) is 1. The number of nitrogens with one attached hydrogen (secondary N) is 1. The van der Waals surface area contributed by atoms with Gasteiger partial charge in [-0.1, -0.05) is 26.7 Å². The second-order valence-electron chi connectivity index (χ2n) is 6.29. The molecular weight excluding hydrogens is 280 g/mol. The monoisotopic (exact) mass is 312 g/mol. The van der Waals surface area contributed by atoms with Gasteiger partial charge >= 0.3 is 6.09 Å². The van der Waals surface area contributed by atoms with Gasteiger partial charge in [-0.25, -0.2) is 4.79 Å². The predicted molar refractivity (Wildman–Crippen MR) is 89.9 cm³/mol. The van der Waals surface area contributed by atoms with Gasteiger partial charge in [0.2, 0.25) is 0 Å². The van der Waals surface area contributed by atoms with Crippen LogP contribution in [0.1, 0.15) is 52.9 Å². The zero-order chi connectivity index (χ0) is 16.4. The summed E-state index contributed by atoms with van der Waals surface area (Å²) in [6.07, 6.45) is 5.36. The minimum absolute atomic E-state index is 0.0374. The summed E-state index contributed by atoms with van der Waals surface area (Å²) in [5, 5.41) is 2.88. The van der Waals surface area contributed by atoms with Crippen molar-refractivity contribution in [2.75, 3.05) is 26.2 Å². The summed E-state index contributed by atoms with van der Waals surface area (Å²) >= 11 is 0. The van der Waals surface area contributed by atoms with Crippen LogP contribution < -0.4 is 11.1 Å². The van der Waals surface area contributed by atoms with Crippen LogP contribution in [0, 0.1) is 5.92 Å². The van der Waals surface area contributed by atoms with Gasteiger partial charge in [-0.2, -0.15) is 0 Å². The molecule has 22 heavy (non-hydrogen) atoms. The molecule has 1 aliphatic heterocycles. The number of hydrogen-bond donors (Lipinski definition) is 2. The molecule has 0 bridgehead atoms. The van der Waals surface area contributed by atoms with Crippen LogP contribution in [0.4, 0.5) is 4.79 Å². The number of alkyl carbamates (subject to hydrolysis) is 1. The molecule has 0 saturated carbocycles. The number of amides is 1. The van der Waals surface area contributed by atoms with Gasteiger partial charge in [0, 0.05) is 13.1 Å². The lowest BCUT2D eigenvalue weighted by Crippen LogP contribution is -2.41. The van der Waals surface area contributed by atoms with Gasteiger partial charge in [0.15, 0.2) is 5.96 Å². The Labute approximate surface area is 134 Å². The van der Waals surface area contributed by atoms with Crippen LogP contribution in [0.2, 0.25) is 0 Å². The lowest BCUT2D eigenvalue weighted by molar-refractivity contribution is 0.147. The average Bonchev–Trinajstić information content (AvgIpc) is 2.73. The van der Waals surface area contributed by atoms with Gasteiger partial charge in [-0.05, 0) is 32.1 Å². The molecule has 1 unspecified atom stereocenters. The maximum Gasteiger partial charge on any atom is 0.407 e. The third kappa shape index (κ3) is 7.52. The minimum atomic E-state index is -0.378. The molecule has 0 radical (unpaired) electrons. The van der Waals surface area contributed by atoms with Crippen molar-refractivity contribution in [1.82, 2.24) is 10.2 Å². The highest BCUT2D eigenvalue weighted by Gasteiger charge is 2.16. The zero-order valence-corrected chi connectivity index (χ0v) is 14.3. The minimum Gasteiger partial charge on any atom is -0.450 e. The Morgan fingerprint density at radius 2 is 1.91 bits per heavy atom. The van der Waals surface area contributed by atoms with Gasteiger partial charge in [-0.15, -0.1) is 0 Å². The van der Waals surface area contributed by atoms with Gasteiger partial charge in [-0.3, -0.25) is 4.99 Å². The van der Waals surface area contributed by atoms with E-state index in [1.165, 1.54) is 25.7 Å². The summed E-state index contributed by atoms with van der Waals surface area (Å²) in [5.74, 6) is 1.07. The maximum absolute atomic E-state index is 11.6. The van der Waals surface area contributed by atoms with E-state index in [1.54, 1.807) is 6.92 Å². The van der Waals surface area contributed by atoms with Crippen LogP contribution in [-0.2, 0) is 4.74 Å². The van der Waals surface area contributed by atoms with Crippen molar-refractivity contribution in [1.29, 1.82) is 0 Å². The van der Waals surface area contributed by atoms with E-state index < -0.39 is 0 Å². The van der Waals surface area contributed by atoms with E-state index in [2.05, 4.69) is 29.1 Å². The molecule has 0 aromatic heterocycles. The summed E-state index contributed by atoms with van der Waals surface area (Å²) in [6, 6.07) is -0.0374. The molecule has 3 N–H and O–H groups in total. The number of carbonyl (C=O) groups is 1. The Morgan fingerprint density at radius 1 is 1.27 bits per heavy atom. The van der Waals surface area contributed by atoms with E-state index >= 15 is 0 Å². The molecule has 6 nitrogen and oxygen atoms in total. The van der Waals surface area contributed by atoms with Crippen molar-refractivity contribution in [3.05, 3.63) is 0 Å². The van der Waals surface area contributed by atoms with E-state index in [4.69, 9.17) is 10.5 Å². The number of likely N-dealkylation sites (tertiary alicyclic amines) is 1. The molecule has 1 atom stereocenters. The summed E-state index contributed by atoms with van der Waals surface area (Å²) in [4.78, 5) is 18.3. The fourth-order valence-corrected chi connectivity index (χ4v) is 2.69. The van der Waals surface area contributed by atoms with Crippen LogP contribution in [0.15, 0.2) is 4.99 Å². The zero-order valence-electron chi connectivity index (χ0n) is 14.3. The third-order valence-corrected chi connectivity index (χ3v) is 3.76. The molecule has 6 heteroatoms. The first-order valence-corrected chi connectivity index (χ1v) is 8.51. The maximum atomic E-state index is 11.6. The van der Waals surface area contributed by atoms with Crippen molar-refractivity contribution < 1.29 is 9.53 Å². The first-order chi connectivity index (χ1) is 10.5. The first kappa shape index (κ1) is 18.6. The lowest BCUT2D eigenvalue weighted by atomic mass is 10.0. The van der Waals surface area contributed by atoms with E-state index in [9.17, 15) is 4.79 Å². The van der Waals surface area contributed by atoms with Crippen LogP contribution >= 0.6 is 0 Å². The number of hydrogen-bond acceptors (Lipinski definition) is 3. The molecule has 0 spiro atoms. The number of nitrogens with zero attached hydrogens (tertiary/aromatic N) is 2. The van der Waals surface area contributed by atoms with Gasteiger partial charge in [0.05, 0.1) is 19.2 Å². The molecule has 0 aromatic rings. The molecule has 1 amide bonds. The van der Waals surface area contributed by atoms with E-state index in [1.807, 2.05) is 0 Å². The van der Waals surface area contributed by atoms with Crippen molar-refractivity contribution in [3.63, 3.8) is 0 Å². The smallest absolute Gasteiger partial charge is 0.407 e. The highest BCUT2D eigenvalue weighted by Crippen LogP contribution is 2.10. The normalized spacial score (nSPS) is 18.0. The highest BCUT2D eigenvalue weighted by molar-refractivity contribution is 5.78. The standard InChI is InChI=1S/C16H32N4O2/c1-4-22-16(21)19-14(11-13(2)3)12-18-15(17)20-9-7-5-6-8-10-20/h13-14H,4-12H2,1-3H3,(H2,17,18)(H,19,21). The topological polar surface area (TPSA) is 79.9 Å². The summed E-state index contributed by atoms with van der Waals surface area (Å²) < 4.78 is 4.95. The second kappa shape index (κ2) is 10.3. The Kier molecular flexibility index (Phi) is 8.70. The van der Waals surface area contributed by atoms with E-state index in [0.29, 0.717) is 25.0 Å². The molecule has 0 aliphatic carbocycles. The van der Waals surface area contributed by atoms with Crippen LogP contribution in [-0.4, -0.2) is 49.2 Å². The quantitative estimate of drug-likeness (QED) is 0.583. The molecule has 1 fully saturated rings. The molecule has 1 heterocycles. The van der Waals surface area contributed by atoms with Crippen LogP contribution in [0.5, 0.6) is 0 Å². The fourth-order valence-electron chi connectivity index (χ4n) is 2.69. The van der Waals surface area contributed by atoms with Crippen molar-refractivity contribution in [3.8, 4) is 0 Å². The lowest BCUT2D eigenvalue weighted by Gasteiger charge is -2.23. The number of guanidine groups is 1. The van der Waals surface area contributed by atoms with Crippen molar-refractivity contribution in [2.45, 2.75) is 58.9 Å². The van der Waals surface area contributed by atoms with E-state index in [-0.39, 0.29) is 12.1 Å². The van der Waals surface area contributed by atoms with Crippen LogP contribution in [0.25, 0.3) is 0 Å². The Hall–Kier alpha value is -1.46. The summed E-state index contributed by atoms with van der Waals surface area (Å²) in [5.41, 5.74) is 6.12.